The molecule has 4 amide bonds. The van der Waals surface area contributed by atoms with Gasteiger partial charge in [-0.2, -0.15) is 4.42 Å². The van der Waals surface area contributed by atoms with E-state index in [9.17, 15) is 19.2 Å². The van der Waals surface area contributed by atoms with E-state index in [0.29, 0.717) is 26.7 Å². The molecule has 0 saturated heterocycles. The smallest absolute Gasteiger partial charge is 0.267 e. The molecule has 0 N–H and O–H groups in total. The van der Waals surface area contributed by atoms with E-state index in [0.717, 1.165) is 9.56 Å². The molecule has 2 aliphatic heterocycles. The second kappa shape index (κ2) is 12.2. The first-order valence-corrected chi connectivity index (χ1v) is 22.7. The Bertz CT molecular complexity index is 1060. The molecule has 0 atom stereocenters. The van der Waals surface area contributed by atoms with Crippen molar-refractivity contribution in [2.45, 2.75) is 43.3 Å². The van der Waals surface area contributed by atoms with Crippen molar-refractivity contribution in [3.05, 3.63) is 70.8 Å². The number of carbonyl (C=O) groups excluding carboxylic acids is 4. The molecular weight excluding hydrogens is 626 g/mol. The molecular formula is C24H30Cl2N2O4Si2Sn. The number of carbonyl (C=O) groups is 4. The predicted molar refractivity (Wildman–Crippen MR) is 148 cm³/mol. The molecule has 0 saturated carbocycles. The van der Waals surface area contributed by atoms with E-state index in [1.165, 1.54) is 0 Å². The van der Waals surface area contributed by atoms with Crippen LogP contribution in [-0.4, -0.2) is 74.2 Å². The number of hydrogen-bond acceptors (Lipinski definition) is 4. The Labute approximate surface area is 229 Å². The van der Waals surface area contributed by atoms with Gasteiger partial charge in [0.2, 0.25) is 0 Å². The van der Waals surface area contributed by atoms with Gasteiger partial charge in [0.25, 0.3) is 11.8 Å². The zero-order valence-corrected chi connectivity index (χ0v) is 27.2. The normalized spacial score (nSPS) is 14.7. The number of halogens is 2. The van der Waals surface area contributed by atoms with Crippen LogP contribution in [0.1, 0.15) is 41.4 Å². The fraction of sp³-hybridized carbons (Fsp3) is 0.333. The summed E-state index contributed by atoms with van der Waals surface area (Å²) in [6.45, 7) is 13.6. The summed E-state index contributed by atoms with van der Waals surface area (Å²) >= 11 is 9.87. The summed E-state index contributed by atoms with van der Waals surface area (Å²) in [6.07, 6.45) is 0. The van der Waals surface area contributed by atoms with E-state index in [2.05, 4.69) is 39.3 Å². The van der Waals surface area contributed by atoms with Crippen molar-refractivity contribution in [2.24, 2.45) is 0 Å². The minimum Gasteiger partial charge on any atom is -0.267 e. The first-order chi connectivity index (χ1) is 16.2. The van der Waals surface area contributed by atoms with E-state index < -0.39 is 49.4 Å². The van der Waals surface area contributed by atoms with Gasteiger partial charge in [0.05, 0.1) is 19.2 Å². The Morgan fingerprint density at radius 3 is 1.26 bits per heavy atom. The monoisotopic (exact) mass is 656 g/mol. The van der Waals surface area contributed by atoms with Crippen LogP contribution in [0, 0.1) is 0 Å². The van der Waals surface area contributed by atoms with Crippen LogP contribution in [0.15, 0.2) is 48.5 Å². The molecule has 0 aliphatic carbocycles. The van der Waals surface area contributed by atoms with Gasteiger partial charge >= 0.3 is 113 Å². The van der Waals surface area contributed by atoms with Gasteiger partial charge in [-0.3, -0.25) is 9.59 Å². The van der Waals surface area contributed by atoms with Gasteiger partial charge in [0.1, 0.15) is 0 Å². The summed E-state index contributed by atoms with van der Waals surface area (Å²) in [7, 11) is -2.02. The molecule has 11 heteroatoms. The van der Waals surface area contributed by atoms with Crippen LogP contribution < -0.4 is 0 Å². The predicted octanol–water partition coefficient (Wildman–Crippen LogP) is 5.74. The summed E-state index contributed by atoms with van der Waals surface area (Å²) < 4.78 is 3.29. The third-order valence-corrected chi connectivity index (χ3v) is 21.9. The Balaban J connectivity index is 0.000000209. The van der Waals surface area contributed by atoms with E-state index in [1.54, 1.807) is 39.5 Å². The van der Waals surface area contributed by atoms with E-state index in [4.69, 9.17) is 23.4 Å². The van der Waals surface area contributed by atoms with Crippen LogP contribution in [-0.2, 0) is 0 Å². The molecule has 6 nitrogen and oxygen atoms in total. The van der Waals surface area contributed by atoms with Crippen molar-refractivity contribution in [1.82, 2.24) is 7.54 Å². The average molecular weight is 656 g/mol. The number of amides is 4. The Morgan fingerprint density at radius 1 is 0.657 bits per heavy atom. The van der Waals surface area contributed by atoms with Gasteiger partial charge in [-0.15, -0.1) is 11.6 Å². The summed E-state index contributed by atoms with van der Waals surface area (Å²) in [4.78, 5) is 46.5. The third-order valence-electron chi connectivity index (χ3n) is 4.71. The van der Waals surface area contributed by atoms with Crippen molar-refractivity contribution in [3.8, 4) is 0 Å². The van der Waals surface area contributed by atoms with Gasteiger partial charge < -0.3 is 0 Å². The zero-order valence-electron chi connectivity index (χ0n) is 20.8. The fourth-order valence-electron chi connectivity index (χ4n) is 2.81. The molecule has 0 aromatic heterocycles. The Kier molecular flexibility index (Phi) is 10.4. The minimum atomic E-state index is -1.16. The molecule has 2 radical (unpaired) electrons. The first kappa shape index (κ1) is 29.8. The summed E-state index contributed by atoms with van der Waals surface area (Å²) in [6, 6.07) is 13.7. The summed E-state index contributed by atoms with van der Waals surface area (Å²) in [5.41, 5.74) is 2.81. The molecule has 186 valence electrons. The van der Waals surface area contributed by atoms with E-state index >= 15 is 0 Å². The van der Waals surface area contributed by atoms with Crippen LogP contribution in [0.3, 0.4) is 0 Å². The second-order valence-corrected chi connectivity index (χ2v) is 27.7. The van der Waals surface area contributed by atoms with Gasteiger partial charge in [0, 0.05) is 17.3 Å². The Morgan fingerprint density at radius 2 is 0.971 bits per heavy atom. The van der Waals surface area contributed by atoms with Crippen LogP contribution in [0.4, 0.5) is 0 Å². The van der Waals surface area contributed by atoms with Gasteiger partial charge in [-0.25, -0.2) is 0 Å². The Hall–Kier alpha value is -1.47. The maximum atomic E-state index is 12.1. The molecule has 2 aliphatic rings. The van der Waals surface area contributed by atoms with Crippen LogP contribution in [0.2, 0.25) is 43.3 Å². The molecule has 0 spiro atoms. The quantitative estimate of drug-likeness (QED) is 0.182. The topological polar surface area (TPSA) is 74.8 Å². The molecule has 4 rings (SSSR count). The zero-order chi connectivity index (χ0) is 26.6. The molecule has 2 aromatic carbocycles. The van der Waals surface area contributed by atoms with Crippen LogP contribution in [0.5, 0.6) is 0 Å². The van der Waals surface area contributed by atoms with E-state index in [-0.39, 0.29) is 11.8 Å². The van der Waals surface area contributed by atoms with Gasteiger partial charge in [-0.1, -0.05) is 31.8 Å². The van der Waals surface area contributed by atoms with Crippen molar-refractivity contribution in [2.75, 3.05) is 5.50 Å². The van der Waals surface area contributed by atoms with Crippen LogP contribution >= 0.6 is 23.4 Å². The largest absolute Gasteiger partial charge is 0.276 e. The standard InChI is InChI=1S/C8H4ClNO2.C8H5NO2.C4H11ClSi.C4H11Si.Sn/c9-10-7(11)5-3-1-2-4-6(5)8(10)12;10-7-5-3-1-2-4-6(5)8(11)9-7;1-6(2,3)4-5;1-5(2,3)4;/h1-4H;1-4H,(H,9,10,11);4H2,1-3H3;1H2,2-4H3;/q;;;;+1/p-1. The van der Waals surface area contributed by atoms with Crippen molar-refractivity contribution >= 4 is 84.6 Å². The number of fused-ring (bicyclic) bond motifs is 2. The molecule has 35 heavy (non-hydrogen) atoms. The maximum absolute atomic E-state index is 12.1. The molecule has 0 unspecified atom stereocenters. The number of benzene rings is 2. The molecule has 0 bridgehead atoms. The SMILES string of the molecule is C[Si](C)(C)CCl.C[Si](C)(C)[CH2][Sn][N]1C(=O)c2ccccc2C1=O.O=C1c2ccccc2C(=O)N1Cl. The number of rotatable bonds is 4. The van der Waals surface area contributed by atoms with Crippen LogP contribution in [0.25, 0.3) is 0 Å². The fourth-order valence-corrected chi connectivity index (χ4v) is 10.5. The number of alkyl halides is 1. The number of hydrogen-bond donors (Lipinski definition) is 0. The average Bonchev–Trinajstić information content (AvgIpc) is 3.18. The number of nitrogens with zero attached hydrogens (tertiary/aromatic N) is 2. The molecule has 2 heterocycles. The second-order valence-electron chi connectivity index (χ2n) is 10.5. The number of imide groups is 2. The van der Waals surface area contributed by atoms with Gasteiger partial charge in [-0.05, 0) is 12.1 Å². The van der Waals surface area contributed by atoms with Crippen molar-refractivity contribution < 1.29 is 19.2 Å². The summed E-state index contributed by atoms with van der Waals surface area (Å²) in [5, 5.41) is 0. The molecule has 2 aromatic rings. The third kappa shape index (κ3) is 8.01. The summed E-state index contributed by atoms with van der Waals surface area (Å²) in [5.74, 6) is -1.01. The van der Waals surface area contributed by atoms with Gasteiger partial charge in [0.15, 0.2) is 0 Å². The first-order valence-electron chi connectivity index (χ1n) is 11.1. The van der Waals surface area contributed by atoms with Crippen molar-refractivity contribution in [1.29, 1.82) is 0 Å². The van der Waals surface area contributed by atoms with Crippen molar-refractivity contribution in [3.63, 3.8) is 0 Å². The van der Waals surface area contributed by atoms with E-state index in [1.807, 2.05) is 12.1 Å². The maximum Gasteiger partial charge on any atom is 0.276 e. The molecule has 0 fully saturated rings. The minimum absolute atomic E-state index is 0.0598.